The van der Waals surface area contributed by atoms with E-state index in [0.717, 1.165) is 40.2 Å². The van der Waals surface area contributed by atoms with Crippen molar-refractivity contribution in [1.82, 2.24) is 9.78 Å². The SMILES string of the molecule is O=c1c2ccccc2c(-c2ccccc2)nn1CCCCBr. The molecule has 2 aromatic carbocycles. The van der Waals surface area contributed by atoms with Crippen molar-refractivity contribution in [3.05, 3.63) is 65.0 Å². The van der Waals surface area contributed by atoms with Crippen molar-refractivity contribution in [2.75, 3.05) is 5.33 Å². The van der Waals surface area contributed by atoms with Gasteiger partial charge in [0.05, 0.1) is 11.1 Å². The first-order chi connectivity index (χ1) is 10.8. The van der Waals surface area contributed by atoms with Crippen molar-refractivity contribution in [3.63, 3.8) is 0 Å². The smallest absolute Gasteiger partial charge is 0.267 e. The van der Waals surface area contributed by atoms with Gasteiger partial charge in [0.25, 0.3) is 5.56 Å². The fourth-order valence-electron chi connectivity index (χ4n) is 2.55. The lowest BCUT2D eigenvalue weighted by molar-refractivity contribution is 0.552. The van der Waals surface area contributed by atoms with Gasteiger partial charge in [0.2, 0.25) is 0 Å². The Morgan fingerprint density at radius 2 is 1.59 bits per heavy atom. The fourth-order valence-corrected chi connectivity index (χ4v) is 2.95. The van der Waals surface area contributed by atoms with Gasteiger partial charge in [-0.05, 0) is 18.9 Å². The summed E-state index contributed by atoms with van der Waals surface area (Å²) < 4.78 is 1.60. The summed E-state index contributed by atoms with van der Waals surface area (Å²) >= 11 is 3.42. The maximum absolute atomic E-state index is 12.6. The summed E-state index contributed by atoms with van der Waals surface area (Å²) in [7, 11) is 0. The van der Waals surface area contributed by atoms with Crippen LogP contribution < -0.4 is 5.56 Å². The summed E-state index contributed by atoms with van der Waals surface area (Å²) in [5.74, 6) is 0. The van der Waals surface area contributed by atoms with E-state index in [1.54, 1.807) is 4.68 Å². The molecule has 3 aromatic rings. The number of nitrogens with zero attached hydrogens (tertiary/aromatic N) is 2. The van der Waals surface area contributed by atoms with Gasteiger partial charge < -0.3 is 0 Å². The van der Waals surface area contributed by atoms with Crippen molar-refractivity contribution in [2.24, 2.45) is 0 Å². The van der Waals surface area contributed by atoms with E-state index in [4.69, 9.17) is 0 Å². The number of hydrogen-bond acceptors (Lipinski definition) is 2. The van der Waals surface area contributed by atoms with Crippen LogP contribution in [0.3, 0.4) is 0 Å². The highest BCUT2D eigenvalue weighted by Crippen LogP contribution is 2.24. The first kappa shape index (κ1) is 15.0. The summed E-state index contributed by atoms with van der Waals surface area (Å²) in [6, 6.07) is 17.7. The van der Waals surface area contributed by atoms with Crippen molar-refractivity contribution in [1.29, 1.82) is 0 Å². The second-order valence-corrected chi connectivity index (χ2v) is 5.98. The Labute approximate surface area is 137 Å². The van der Waals surface area contributed by atoms with E-state index in [2.05, 4.69) is 21.0 Å². The number of rotatable bonds is 5. The molecule has 0 fully saturated rings. The van der Waals surface area contributed by atoms with E-state index < -0.39 is 0 Å². The molecule has 3 nitrogen and oxygen atoms in total. The van der Waals surface area contributed by atoms with Crippen LogP contribution >= 0.6 is 15.9 Å². The number of unbranched alkanes of at least 4 members (excludes halogenated alkanes) is 1. The third-order valence-corrected chi connectivity index (χ3v) is 4.23. The van der Waals surface area contributed by atoms with Crippen LogP contribution in [0.4, 0.5) is 0 Å². The van der Waals surface area contributed by atoms with Crippen LogP contribution in [0.2, 0.25) is 0 Å². The number of halogens is 1. The zero-order valence-corrected chi connectivity index (χ0v) is 13.8. The summed E-state index contributed by atoms with van der Waals surface area (Å²) in [4.78, 5) is 12.6. The molecule has 0 N–H and O–H groups in total. The van der Waals surface area contributed by atoms with Crippen LogP contribution in [0.5, 0.6) is 0 Å². The molecule has 0 amide bonds. The molecule has 0 aliphatic heterocycles. The Balaban J connectivity index is 2.18. The molecule has 112 valence electrons. The third-order valence-electron chi connectivity index (χ3n) is 3.67. The van der Waals surface area contributed by atoms with Gasteiger partial charge in [0.1, 0.15) is 0 Å². The predicted octanol–water partition coefficient (Wildman–Crippen LogP) is 4.24. The minimum atomic E-state index is -0.00939. The predicted molar refractivity (Wildman–Crippen MR) is 94.5 cm³/mol. The molecule has 0 radical (unpaired) electrons. The largest absolute Gasteiger partial charge is 0.274 e. The molecule has 0 saturated heterocycles. The van der Waals surface area contributed by atoms with Crippen LogP contribution in [-0.4, -0.2) is 15.1 Å². The highest BCUT2D eigenvalue weighted by Gasteiger charge is 2.11. The van der Waals surface area contributed by atoms with Gasteiger partial charge in [-0.2, -0.15) is 5.10 Å². The fraction of sp³-hybridized carbons (Fsp3) is 0.222. The minimum Gasteiger partial charge on any atom is -0.267 e. The molecule has 0 spiro atoms. The monoisotopic (exact) mass is 356 g/mol. The van der Waals surface area contributed by atoms with Crippen LogP contribution in [0, 0.1) is 0 Å². The molecule has 3 rings (SSSR count). The van der Waals surface area contributed by atoms with E-state index in [1.165, 1.54) is 0 Å². The van der Waals surface area contributed by atoms with Crippen LogP contribution in [0.25, 0.3) is 22.0 Å². The van der Waals surface area contributed by atoms with E-state index in [-0.39, 0.29) is 5.56 Å². The Morgan fingerprint density at radius 3 is 2.32 bits per heavy atom. The zero-order valence-electron chi connectivity index (χ0n) is 12.2. The molecule has 4 heteroatoms. The summed E-state index contributed by atoms with van der Waals surface area (Å²) in [6.45, 7) is 0.648. The first-order valence-electron chi connectivity index (χ1n) is 7.42. The molecular weight excluding hydrogens is 340 g/mol. The second-order valence-electron chi connectivity index (χ2n) is 5.18. The minimum absolute atomic E-state index is 0.00939. The van der Waals surface area contributed by atoms with Gasteiger partial charge >= 0.3 is 0 Å². The highest BCUT2D eigenvalue weighted by molar-refractivity contribution is 9.09. The number of hydrogen-bond donors (Lipinski definition) is 0. The number of aryl methyl sites for hydroxylation is 1. The van der Waals surface area contributed by atoms with Crippen molar-refractivity contribution >= 4 is 26.7 Å². The standard InChI is InChI=1S/C18H17BrN2O/c19-12-6-7-13-21-18(22)16-11-5-4-10-15(16)17(20-21)14-8-2-1-3-9-14/h1-5,8-11H,6-7,12-13H2. The van der Waals surface area contributed by atoms with Crippen molar-refractivity contribution in [2.45, 2.75) is 19.4 Å². The first-order valence-corrected chi connectivity index (χ1v) is 8.54. The van der Waals surface area contributed by atoms with Crippen molar-refractivity contribution < 1.29 is 0 Å². The Morgan fingerprint density at radius 1 is 0.909 bits per heavy atom. The van der Waals surface area contributed by atoms with Gasteiger partial charge in [-0.15, -0.1) is 0 Å². The van der Waals surface area contributed by atoms with Gasteiger partial charge in [-0.3, -0.25) is 4.79 Å². The third kappa shape index (κ3) is 2.97. The lowest BCUT2D eigenvalue weighted by Crippen LogP contribution is -2.24. The summed E-state index contributed by atoms with van der Waals surface area (Å²) in [5.41, 5.74) is 1.90. The van der Waals surface area contributed by atoms with Gasteiger partial charge in [0, 0.05) is 22.8 Å². The average molecular weight is 357 g/mol. The molecule has 22 heavy (non-hydrogen) atoms. The molecule has 0 aliphatic rings. The Hall–Kier alpha value is -1.94. The normalized spacial score (nSPS) is 11.0. The lowest BCUT2D eigenvalue weighted by atomic mass is 10.1. The maximum atomic E-state index is 12.6. The Bertz CT molecular complexity index is 827. The number of alkyl halides is 1. The average Bonchev–Trinajstić information content (AvgIpc) is 2.58. The van der Waals surface area contributed by atoms with E-state index >= 15 is 0 Å². The molecule has 1 aromatic heterocycles. The van der Waals surface area contributed by atoms with Crippen LogP contribution in [-0.2, 0) is 6.54 Å². The topological polar surface area (TPSA) is 34.9 Å². The second kappa shape index (κ2) is 6.88. The van der Waals surface area contributed by atoms with E-state index in [1.807, 2.05) is 54.6 Å². The molecule has 0 atom stereocenters. The maximum Gasteiger partial charge on any atom is 0.274 e. The van der Waals surface area contributed by atoms with E-state index in [9.17, 15) is 4.79 Å². The molecular formula is C18H17BrN2O. The van der Waals surface area contributed by atoms with Gasteiger partial charge in [0.15, 0.2) is 0 Å². The van der Waals surface area contributed by atoms with E-state index in [0.29, 0.717) is 6.54 Å². The highest BCUT2D eigenvalue weighted by atomic mass is 79.9. The molecule has 0 unspecified atom stereocenters. The number of benzene rings is 2. The molecule has 1 heterocycles. The number of fused-ring (bicyclic) bond motifs is 1. The molecule has 0 bridgehead atoms. The molecule has 0 aliphatic carbocycles. The van der Waals surface area contributed by atoms with Gasteiger partial charge in [-0.25, -0.2) is 4.68 Å². The Kier molecular flexibility index (Phi) is 4.68. The quantitative estimate of drug-likeness (QED) is 0.506. The van der Waals surface area contributed by atoms with Crippen LogP contribution in [0.1, 0.15) is 12.8 Å². The van der Waals surface area contributed by atoms with Crippen LogP contribution in [0.15, 0.2) is 59.4 Å². The van der Waals surface area contributed by atoms with Gasteiger partial charge in [-0.1, -0.05) is 64.5 Å². The van der Waals surface area contributed by atoms with Crippen molar-refractivity contribution in [3.8, 4) is 11.3 Å². The zero-order chi connectivity index (χ0) is 15.4. The number of aromatic nitrogens is 2. The summed E-state index contributed by atoms with van der Waals surface area (Å²) in [6.07, 6.45) is 1.96. The molecule has 0 saturated carbocycles. The summed E-state index contributed by atoms with van der Waals surface area (Å²) in [5, 5.41) is 7.22. The lowest BCUT2D eigenvalue weighted by Gasteiger charge is -2.11.